The molecule has 1 heteroatoms. The molecule has 0 heterocycles. The van der Waals surface area contributed by atoms with Crippen LogP contribution >= 0.6 is 0 Å². The lowest BCUT2D eigenvalue weighted by Crippen LogP contribution is -2.13. The highest BCUT2D eigenvalue weighted by Crippen LogP contribution is 2.38. The van der Waals surface area contributed by atoms with Crippen LogP contribution in [0.15, 0.2) is 24.3 Å². The normalized spacial score (nSPS) is 23.7. The first-order valence-electron chi connectivity index (χ1n) is 9.89. The molecule has 0 aromatic heterocycles. The maximum Gasteiger partial charge on any atom is 0.123 e. The Balaban J connectivity index is 1.84. The van der Waals surface area contributed by atoms with Crippen molar-refractivity contribution >= 4 is 0 Å². The molecule has 1 aromatic rings. The van der Waals surface area contributed by atoms with Gasteiger partial charge in [0.2, 0.25) is 0 Å². The molecule has 2 rings (SSSR count). The van der Waals surface area contributed by atoms with E-state index in [4.69, 9.17) is 0 Å². The molecule has 0 nitrogen and oxygen atoms in total. The summed E-state index contributed by atoms with van der Waals surface area (Å²) in [4.78, 5) is 0. The summed E-state index contributed by atoms with van der Waals surface area (Å²) in [5.74, 6) is 3.22. The largest absolute Gasteiger partial charge is 0.207 e. The fraction of sp³-hybridized carbons (Fsp3) is 0.727. The smallest absolute Gasteiger partial charge is 0.123 e. The third-order valence-electron chi connectivity index (χ3n) is 6.34. The minimum atomic E-state index is -0.115. The van der Waals surface area contributed by atoms with Gasteiger partial charge in [0.15, 0.2) is 0 Å². The number of rotatable bonds is 7. The molecule has 0 aliphatic heterocycles. The Bertz CT molecular complexity index is 432. The highest BCUT2D eigenvalue weighted by molar-refractivity contribution is 5.20. The molecule has 1 saturated carbocycles. The molecule has 0 amide bonds. The van der Waals surface area contributed by atoms with Gasteiger partial charge in [-0.1, -0.05) is 71.4 Å². The van der Waals surface area contributed by atoms with Gasteiger partial charge in [-0.3, -0.25) is 0 Å². The molecule has 1 aliphatic carbocycles. The average molecular weight is 319 g/mol. The summed E-state index contributed by atoms with van der Waals surface area (Å²) in [6.07, 6.45) is 12.1. The fourth-order valence-corrected chi connectivity index (χ4v) is 4.40. The zero-order valence-electron chi connectivity index (χ0n) is 15.4. The van der Waals surface area contributed by atoms with E-state index < -0.39 is 0 Å². The zero-order chi connectivity index (χ0) is 16.7. The van der Waals surface area contributed by atoms with Crippen molar-refractivity contribution in [3.63, 3.8) is 0 Å². The summed E-state index contributed by atoms with van der Waals surface area (Å²) in [5.41, 5.74) is 1.34. The Morgan fingerprint density at radius 1 is 0.957 bits per heavy atom. The standard InChI is InChI=1S/C22H35F/c1-4-18(5-2)10-9-17(3)19-7-6-8-20(12-11-19)21-13-15-22(23)16-14-21/h13-20H,4-12H2,1-3H3. The summed E-state index contributed by atoms with van der Waals surface area (Å²) in [6, 6.07) is 7.24. The Morgan fingerprint density at radius 2 is 1.65 bits per heavy atom. The first kappa shape index (κ1) is 18.5. The van der Waals surface area contributed by atoms with Crippen molar-refractivity contribution < 1.29 is 4.39 Å². The quantitative estimate of drug-likeness (QED) is 0.461. The molecule has 0 radical (unpaired) electrons. The second-order valence-electron chi connectivity index (χ2n) is 7.75. The monoisotopic (exact) mass is 318 g/mol. The number of hydrogen-bond acceptors (Lipinski definition) is 0. The van der Waals surface area contributed by atoms with E-state index in [0.29, 0.717) is 5.92 Å². The molecule has 0 spiro atoms. The van der Waals surface area contributed by atoms with Crippen LogP contribution in [0.5, 0.6) is 0 Å². The van der Waals surface area contributed by atoms with Crippen LogP contribution in [0.3, 0.4) is 0 Å². The van der Waals surface area contributed by atoms with Crippen LogP contribution in [0.25, 0.3) is 0 Å². The van der Waals surface area contributed by atoms with Gasteiger partial charge in [0, 0.05) is 0 Å². The van der Waals surface area contributed by atoms with Crippen LogP contribution in [-0.4, -0.2) is 0 Å². The van der Waals surface area contributed by atoms with Crippen molar-refractivity contribution in [3.05, 3.63) is 35.6 Å². The predicted octanol–water partition coefficient (Wildman–Crippen LogP) is 7.34. The Labute approximate surface area is 142 Å². The summed E-state index contributed by atoms with van der Waals surface area (Å²) >= 11 is 0. The Morgan fingerprint density at radius 3 is 2.30 bits per heavy atom. The van der Waals surface area contributed by atoms with Crippen molar-refractivity contribution in [3.8, 4) is 0 Å². The van der Waals surface area contributed by atoms with Gasteiger partial charge in [-0.05, 0) is 60.6 Å². The van der Waals surface area contributed by atoms with E-state index in [0.717, 1.165) is 17.8 Å². The second-order valence-corrected chi connectivity index (χ2v) is 7.75. The van der Waals surface area contributed by atoms with Crippen LogP contribution in [0, 0.1) is 23.6 Å². The number of benzene rings is 1. The van der Waals surface area contributed by atoms with Crippen LogP contribution in [0.4, 0.5) is 4.39 Å². The van der Waals surface area contributed by atoms with E-state index in [1.165, 1.54) is 63.4 Å². The lowest BCUT2D eigenvalue weighted by molar-refractivity contribution is 0.275. The van der Waals surface area contributed by atoms with Gasteiger partial charge in [0.05, 0.1) is 0 Å². The highest BCUT2D eigenvalue weighted by Gasteiger charge is 2.24. The molecule has 0 saturated heterocycles. The van der Waals surface area contributed by atoms with Gasteiger partial charge in [-0.15, -0.1) is 0 Å². The van der Waals surface area contributed by atoms with Gasteiger partial charge < -0.3 is 0 Å². The van der Waals surface area contributed by atoms with E-state index in [1.807, 2.05) is 12.1 Å². The number of hydrogen-bond donors (Lipinski definition) is 0. The molecular weight excluding hydrogens is 283 g/mol. The third kappa shape index (κ3) is 5.62. The van der Waals surface area contributed by atoms with Crippen LogP contribution < -0.4 is 0 Å². The molecule has 1 aromatic carbocycles. The Kier molecular flexibility index (Phi) is 7.59. The topological polar surface area (TPSA) is 0 Å². The van der Waals surface area contributed by atoms with Crippen LogP contribution in [0.2, 0.25) is 0 Å². The summed E-state index contributed by atoms with van der Waals surface area (Å²) in [7, 11) is 0. The Hall–Kier alpha value is -0.850. The molecule has 0 N–H and O–H groups in total. The lowest BCUT2D eigenvalue weighted by atomic mass is 9.81. The molecule has 3 unspecified atom stereocenters. The number of halogens is 1. The average Bonchev–Trinajstić information content (AvgIpc) is 2.82. The van der Waals surface area contributed by atoms with Crippen molar-refractivity contribution in [1.82, 2.24) is 0 Å². The van der Waals surface area contributed by atoms with E-state index >= 15 is 0 Å². The SMILES string of the molecule is CCC(CC)CCC(C)C1CCCC(c2ccc(F)cc2)CC1. The van der Waals surface area contributed by atoms with Crippen LogP contribution in [-0.2, 0) is 0 Å². The minimum absolute atomic E-state index is 0.115. The minimum Gasteiger partial charge on any atom is -0.207 e. The van der Waals surface area contributed by atoms with E-state index in [1.54, 1.807) is 12.1 Å². The van der Waals surface area contributed by atoms with Crippen molar-refractivity contribution in [2.75, 3.05) is 0 Å². The first-order chi connectivity index (χ1) is 11.1. The molecule has 130 valence electrons. The predicted molar refractivity (Wildman–Crippen MR) is 98.2 cm³/mol. The van der Waals surface area contributed by atoms with Gasteiger partial charge in [0.1, 0.15) is 5.82 Å². The van der Waals surface area contributed by atoms with Crippen molar-refractivity contribution in [1.29, 1.82) is 0 Å². The van der Waals surface area contributed by atoms with E-state index in [-0.39, 0.29) is 5.82 Å². The highest BCUT2D eigenvalue weighted by atomic mass is 19.1. The van der Waals surface area contributed by atoms with E-state index in [9.17, 15) is 4.39 Å². The van der Waals surface area contributed by atoms with Crippen molar-refractivity contribution in [2.24, 2.45) is 17.8 Å². The van der Waals surface area contributed by atoms with Crippen LogP contribution in [0.1, 0.15) is 90.0 Å². The maximum atomic E-state index is 13.1. The molecule has 23 heavy (non-hydrogen) atoms. The summed E-state index contributed by atoms with van der Waals surface area (Å²) in [6.45, 7) is 7.14. The fourth-order valence-electron chi connectivity index (χ4n) is 4.40. The third-order valence-corrected chi connectivity index (χ3v) is 6.34. The van der Waals surface area contributed by atoms with Gasteiger partial charge in [-0.2, -0.15) is 0 Å². The van der Waals surface area contributed by atoms with Gasteiger partial charge in [0.25, 0.3) is 0 Å². The van der Waals surface area contributed by atoms with E-state index in [2.05, 4.69) is 20.8 Å². The molecule has 3 atom stereocenters. The lowest BCUT2D eigenvalue weighted by Gasteiger charge is -2.24. The molecule has 1 aliphatic rings. The van der Waals surface area contributed by atoms with Gasteiger partial charge in [-0.25, -0.2) is 4.39 Å². The molecule has 1 fully saturated rings. The molecule has 0 bridgehead atoms. The summed E-state index contributed by atoms with van der Waals surface area (Å²) < 4.78 is 13.1. The zero-order valence-corrected chi connectivity index (χ0v) is 15.4. The first-order valence-corrected chi connectivity index (χ1v) is 9.89. The maximum absolute atomic E-state index is 13.1. The van der Waals surface area contributed by atoms with Gasteiger partial charge >= 0.3 is 0 Å². The molecular formula is C22H35F. The van der Waals surface area contributed by atoms with Crippen molar-refractivity contribution in [2.45, 2.75) is 84.5 Å². The summed E-state index contributed by atoms with van der Waals surface area (Å²) in [5, 5.41) is 0. The second kappa shape index (κ2) is 9.45.